The van der Waals surface area contributed by atoms with Gasteiger partial charge in [0.25, 0.3) is 0 Å². The smallest absolute Gasteiger partial charge is 0.326 e. The number of rotatable bonds is 11. The summed E-state index contributed by atoms with van der Waals surface area (Å²) in [6, 6.07) is 14.0. The quantitative estimate of drug-likeness (QED) is 0.205. The van der Waals surface area contributed by atoms with Gasteiger partial charge < -0.3 is 24.8 Å². The van der Waals surface area contributed by atoms with Gasteiger partial charge in [-0.05, 0) is 88.3 Å². The molecule has 2 aromatic rings. The number of thiocarbonyl (C=S) groups is 1. The van der Waals surface area contributed by atoms with E-state index in [-0.39, 0.29) is 12.4 Å². The summed E-state index contributed by atoms with van der Waals surface area (Å²) in [5.41, 5.74) is 1.09. The minimum atomic E-state index is -0.959. The third-order valence-corrected chi connectivity index (χ3v) is 5.91. The molecule has 0 radical (unpaired) electrons. The largest absolute Gasteiger partial charge is 0.494 e. The Hall–Kier alpha value is -2.65. The minimum absolute atomic E-state index is 0.234. The number of benzene rings is 2. The van der Waals surface area contributed by atoms with Gasteiger partial charge in [0.2, 0.25) is 0 Å². The van der Waals surface area contributed by atoms with E-state index in [1.54, 1.807) is 24.0 Å². The zero-order chi connectivity index (χ0) is 26.0. The van der Waals surface area contributed by atoms with E-state index in [2.05, 4.69) is 21.2 Å². The van der Waals surface area contributed by atoms with Crippen molar-refractivity contribution in [1.29, 1.82) is 0 Å². The standard InChI is InChI=1S/C26H33BrN2O5S/c1-5-33-23(30)7-6-16-34-21-14-8-18(9-15-21)17-22(24(31)32)29(26(2,3)4)25(35)28-20-12-10-19(27)11-13-20/h8-15,22H,5-7,16-17H2,1-4H3,(H,28,35)(H,31,32)/t22-/m0/s1. The highest BCUT2D eigenvalue weighted by molar-refractivity contribution is 9.10. The average Bonchev–Trinajstić information content (AvgIpc) is 2.78. The van der Waals surface area contributed by atoms with Crippen LogP contribution in [0.25, 0.3) is 0 Å². The summed E-state index contributed by atoms with van der Waals surface area (Å²) in [4.78, 5) is 25.5. The van der Waals surface area contributed by atoms with Gasteiger partial charge in [0.15, 0.2) is 5.11 Å². The SMILES string of the molecule is CCOC(=O)CCCOc1ccc(C[C@@H](C(=O)O)N(C(=S)Nc2ccc(Br)cc2)C(C)(C)C)cc1. The number of carboxylic acids is 1. The van der Waals surface area contributed by atoms with Crippen molar-refractivity contribution in [2.75, 3.05) is 18.5 Å². The molecule has 1 atom stereocenters. The molecule has 2 rings (SSSR count). The lowest BCUT2D eigenvalue weighted by molar-refractivity contribution is -0.144. The summed E-state index contributed by atoms with van der Waals surface area (Å²) in [5, 5.41) is 13.6. The van der Waals surface area contributed by atoms with Gasteiger partial charge in [-0.3, -0.25) is 4.79 Å². The number of carbonyl (C=O) groups is 2. The summed E-state index contributed by atoms with van der Waals surface area (Å²) in [6.07, 6.45) is 1.13. The second-order valence-electron chi connectivity index (χ2n) is 8.94. The Bertz CT molecular complexity index is 990. The Balaban J connectivity index is 2.07. The van der Waals surface area contributed by atoms with Crippen molar-refractivity contribution < 1.29 is 24.2 Å². The molecule has 0 amide bonds. The molecule has 0 bridgehead atoms. The van der Waals surface area contributed by atoms with E-state index in [1.165, 1.54) is 0 Å². The molecule has 0 aliphatic rings. The fourth-order valence-corrected chi connectivity index (χ4v) is 4.29. The van der Waals surface area contributed by atoms with Gasteiger partial charge in [-0.25, -0.2) is 4.79 Å². The lowest BCUT2D eigenvalue weighted by Gasteiger charge is -2.42. The lowest BCUT2D eigenvalue weighted by atomic mass is 9.98. The van der Waals surface area contributed by atoms with Crippen LogP contribution in [-0.4, -0.2) is 51.9 Å². The van der Waals surface area contributed by atoms with Crippen LogP contribution in [0, 0.1) is 0 Å². The maximum Gasteiger partial charge on any atom is 0.326 e. The molecule has 2 aromatic carbocycles. The number of carbonyl (C=O) groups excluding carboxylic acids is 1. The number of aliphatic carboxylic acids is 1. The number of halogens is 1. The average molecular weight is 566 g/mol. The number of anilines is 1. The topological polar surface area (TPSA) is 88.1 Å². The molecule has 190 valence electrons. The Morgan fingerprint density at radius 2 is 1.74 bits per heavy atom. The van der Waals surface area contributed by atoms with Gasteiger partial charge in [-0.2, -0.15) is 0 Å². The van der Waals surface area contributed by atoms with Gasteiger partial charge in [0.05, 0.1) is 13.2 Å². The van der Waals surface area contributed by atoms with Crippen LogP contribution in [0.1, 0.15) is 46.1 Å². The fraction of sp³-hybridized carbons (Fsp3) is 0.423. The van der Waals surface area contributed by atoms with Crippen molar-refractivity contribution in [3.8, 4) is 5.75 Å². The number of hydrogen-bond acceptors (Lipinski definition) is 5. The molecule has 0 aliphatic carbocycles. The summed E-state index contributed by atoms with van der Waals surface area (Å²) < 4.78 is 11.5. The zero-order valence-corrected chi connectivity index (χ0v) is 22.9. The summed E-state index contributed by atoms with van der Waals surface area (Å²) in [6.45, 7) is 8.35. The number of esters is 1. The maximum absolute atomic E-state index is 12.3. The van der Waals surface area contributed by atoms with Crippen molar-refractivity contribution in [2.24, 2.45) is 0 Å². The van der Waals surface area contributed by atoms with Crippen molar-refractivity contribution in [3.05, 3.63) is 58.6 Å². The minimum Gasteiger partial charge on any atom is -0.494 e. The number of carboxylic acid groups (broad SMARTS) is 1. The van der Waals surface area contributed by atoms with Crippen LogP contribution >= 0.6 is 28.1 Å². The van der Waals surface area contributed by atoms with Crippen molar-refractivity contribution in [2.45, 2.75) is 58.5 Å². The van der Waals surface area contributed by atoms with E-state index in [4.69, 9.17) is 21.7 Å². The van der Waals surface area contributed by atoms with E-state index < -0.39 is 17.6 Å². The molecule has 9 heteroatoms. The first-order valence-corrected chi connectivity index (χ1v) is 12.7. The van der Waals surface area contributed by atoms with E-state index >= 15 is 0 Å². The van der Waals surface area contributed by atoms with Crippen LogP contribution in [0.5, 0.6) is 5.75 Å². The van der Waals surface area contributed by atoms with Crippen LogP contribution < -0.4 is 10.1 Å². The highest BCUT2D eigenvalue weighted by Gasteiger charge is 2.35. The van der Waals surface area contributed by atoms with Crippen molar-refractivity contribution in [1.82, 2.24) is 4.90 Å². The molecular formula is C26H33BrN2O5S. The normalized spacial score (nSPS) is 11.9. The van der Waals surface area contributed by atoms with Gasteiger partial charge in [-0.15, -0.1) is 0 Å². The van der Waals surface area contributed by atoms with Crippen LogP contribution in [0.2, 0.25) is 0 Å². The second kappa shape index (κ2) is 13.4. The predicted octanol–water partition coefficient (Wildman–Crippen LogP) is 5.66. The van der Waals surface area contributed by atoms with Crippen molar-refractivity contribution in [3.63, 3.8) is 0 Å². The second-order valence-corrected chi connectivity index (χ2v) is 10.2. The van der Waals surface area contributed by atoms with Crippen molar-refractivity contribution >= 4 is 50.9 Å². The van der Waals surface area contributed by atoms with Crippen LogP contribution in [0.15, 0.2) is 53.0 Å². The van der Waals surface area contributed by atoms with Crippen LogP contribution in [0.4, 0.5) is 5.69 Å². The fourth-order valence-electron chi connectivity index (χ4n) is 3.50. The van der Waals surface area contributed by atoms with Gasteiger partial charge in [0, 0.05) is 28.5 Å². The first kappa shape index (κ1) is 28.6. The molecule has 35 heavy (non-hydrogen) atoms. The maximum atomic E-state index is 12.3. The molecule has 0 heterocycles. The Morgan fingerprint density at radius 1 is 1.11 bits per heavy atom. The third kappa shape index (κ3) is 9.49. The highest BCUT2D eigenvalue weighted by atomic mass is 79.9. The molecule has 0 unspecified atom stereocenters. The summed E-state index contributed by atoms with van der Waals surface area (Å²) in [5.74, 6) is -0.536. The van der Waals surface area contributed by atoms with Gasteiger partial charge in [0.1, 0.15) is 11.8 Å². The molecule has 0 spiro atoms. The third-order valence-electron chi connectivity index (χ3n) is 5.09. The monoisotopic (exact) mass is 564 g/mol. The molecule has 2 N–H and O–H groups in total. The number of nitrogens with zero attached hydrogens (tertiary/aromatic N) is 1. The molecule has 0 saturated carbocycles. The summed E-state index contributed by atoms with van der Waals surface area (Å²) >= 11 is 9.06. The predicted molar refractivity (Wildman–Crippen MR) is 145 cm³/mol. The first-order chi connectivity index (χ1) is 16.5. The van der Waals surface area contributed by atoms with E-state index in [0.717, 1.165) is 15.7 Å². The molecule has 0 saturated heterocycles. The molecular weight excluding hydrogens is 532 g/mol. The van der Waals surface area contributed by atoms with Crippen LogP contribution in [0.3, 0.4) is 0 Å². The molecule has 0 aromatic heterocycles. The Morgan fingerprint density at radius 3 is 2.29 bits per heavy atom. The highest BCUT2D eigenvalue weighted by Crippen LogP contribution is 2.24. The molecule has 0 aliphatic heterocycles. The number of hydrogen-bond donors (Lipinski definition) is 2. The van der Waals surface area contributed by atoms with Crippen LogP contribution in [-0.2, 0) is 20.7 Å². The van der Waals surface area contributed by atoms with E-state index in [0.29, 0.717) is 36.9 Å². The van der Waals surface area contributed by atoms with E-state index in [1.807, 2.05) is 57.2 Å². The first-order valence-electron chi connectivity index (χ1n) is 11.5. The Kier molecular flexibility index (Phi) is 11.0. The van der Waals surface area contributed by atoms with Gasteiger partial charge in [-0.1, -0.05) is 28.1 Å². The van der Waals surface area contributed by atoms with E-state index in [9.17, 15) is 14.7 Å². The molecule has 7 nitrogen and oxygen atoms in total. The zero-order valence-electron chi connectivity index (χ0n) is 20.5. The number of ether oxygens (including phenoxy) is 2. The summed E-state index contributed by atoms with van der Waals surface area (Å²) in [7, 11) is 0. The lowest BCUT2D eigenvalue weighted by Crippen LogP contribution is -2.56. The Labute approximate surface area is 220 Å². The molecule has 0 fully saturated rings. The number of nitrogens with one attached hydrogen (secondary N) is 1. The van der Waals surface area contributed by atoms with Gasteiger partial charge >= 0.3 is 11.9 Å².